The average Bonchev–Trinajstić information content (AvgIpc) is 3.39. The number of aryl methyl sites for hydroxylation is 1. The smallest absolute Gasteiger partial charge is 0.223 e. The molecule has 0 bridgehead atoms. The summed E-state index contributed by atoms with van der Waals surface area (Å²) >= 11 is 0. The van der Waals surface area contributed by atoms with Crippen LogP contribution in [-0.2, 0) is 15.3 Å². The predicted molar refractivity (Wildman–Crippen MR) is 182 cm³/mol. The molecule has 0 saturated carbocycles. The normalized spacial score (nSPS) is 14.0. The van der Waals surface area contributed by atoms with E-state index in [0.717, 1.165) is 33.8 Å². The van der Waals surface area contributed by atoms with Crippen LogP contribution in [0.5, 0.6) is 0 Å². The third-order valence-corrected chi connectivity index (χ3v) is 10.8. The number of benzene rings is 5. The molecule has 0 aliphatic carbocycles. The summed E-state index contributed by atoms with van der Waals surface area (Å²) in [6.07, 6.45) is 0. The molecule has 0 atom stereocenters. The van der Waals surface area contributed by atoms with E-state index in [1.54, 1.807) is 30.3 Å². The molecule has 0 unspecified atom stereocenters. The Hall–Kier alpha value is -5.20. The summed E-state index contributed by atoms with van der Waals surface area (Å²) in [4.78, 5) is 7.19. The molecule has 5 nitrogen and oxygen atoms in total. The lowest BCUT2D eigenvalue weighted by Crippen LogP contribution is -2.31. The Morgan fingerprint density at radius 3 is 2.02 bits per heavy atom. The average molecular weight is 606 g/mol. The highest BCUT2D eigenvalue weighted by Gasteiger charge is 2.38. The van der Waals surface area contributed by atoms with E-state index in [-0.39, 0.29) is 15.3 Å². The maximum Gasteiger partial charge on any atom is 0.223 e. The Balaban J connectivity index is 1.41. The molecule has 0 saturated heterocycles. The van der Waals surface area contributed by atoms with Gasteiger partial charge in [0.15, 0.2) is 5.03 Å². The maximum absolute atomic E-state index is 13.5. The number of hydrogen-bond acceptors (Lipinski definition) is 4. The van der Waals surface area contributed by atoms with Crippen molar-refractivity contribution in [3.05, 3.63) is 150 Å². The number of nitrogens with zero attached hydrogens (tertiary/aromatic N) is 3. The second kappa shape index (κ2) is 9.91. The highest BCUT2D eigenvalue weighted by molar-refractivity contribution is 7.91. The van der Waals surface area contributed by atoms with E-state index in [2.05, 4.69) is 108 Å². The Labute approximate surface area is 263 Å². The molecule has 0 fully saturated rings. The number of fused-ring (bicyclic) bond motifs is 5. The standard InChI is InChI=1S/C39H31N3O2S/c1-26-33(22-23-38(40-26)45(43,44)28-16-8-5-9-17-28)42-35-21-13-11-19-31(35)39(2,3)32-24-30-29-18-10-12-20-34(29)41(36(30)25-37(32)42)27-14-6-4-7-15-27/h4-25H,1-3H3. The van der Waals surface area contributed by atoms with Gasteiger partial charge in [0.25, 0.3) is 0 Å². The molecule has 0 amide bonds. The summed E-state index contributed by atoms with van der Waals surface area (Å²) in [5, 5.41) is 2.44. The zero-order chi connectivity index (χ0) is 30.9. The monoisotopic (exact) mass is 605 g/mol. The summed E-state index contributed by atoms with van der Waals surface area (Å²) < 4.78 is 29.3. The van der Waals surface area contributed by atoms with Crippen molar-refractivity contribution in [1.29, 1.82) is 0 Å². The maximum atomic E-state index is 13.5. The van der Waals surface area contributed by atoms with E-state index in [9.17, 15) is 8.42 Å². The third-order valence-electron chi connectivity index (χ3n) is 9.14. The van der Waals surface area contributed by atoms with Crippen molar-refractivity contribution in [1.82, 2.24) is 9.55 Å². The molecular weight excluding hydrogens is 575 g/mol. The number of aromatic nitrogens is 2. The van der Waals surface area contributed by atoms with Gasteiger partial charge in [-0.2, -0.15) is 0 Å². The lowest BCUT2D eigenvalue weighted by molar-refractivity contribution is 0.592. The number of sulfone groups is 1. The summed E-state index contributed by atoms with van der Waals surface area (Å²) in [5.74, 6) is 0. The molecule has 3 heterocycles. The van der Waals surface area contributed by atoms with Crippen LogP contribution in [0.1, 0.15) is 30.7 Å². The first-order valence-electron chi connectivity index (χ1n) is 15.1. The van der Waals surface area contributed by atoms with E-state index >= 15 is 0 Å². The van der Waals surface area contributed by atoms with Gasteiger partial charge < -0.3 is 9.47 Å². The van der Waals surface area contributed by atoms with Crippen molar-refractivity contribution in [2.45, 2.75) is 36.1 Å². The zero-order valence-electron chi connectivity index (χ0n) is 25.3. The first-order valence-corrected chi connectivity index (χ1v) is 16.6. The topological polar surface area (TPSA) is 55.2 Å². The van der Waals surface area contributed by atoms with Gasteiger partial charge in [-0.3, -0.25) is 0 Å². The molecule has 0 N–H and O–H groups in total. The lowest BCUT2D eigenvalue weighted by Gasteiger charge is -2.42. The lowest BCUT2D eigenvalue weighted by atomic mass is 9.73. The number of anilines is 3. The molecule has 1 aliphatic heterocycles. The first-order chi connectivity index (χ1) is 21.8. The van der Waals surface area contributed by atoms with Gasteiger partial charge in [0.05, 0.1) is 38.7 Å². The van der Waals surface area contributed by atoms with Gasteiger partial charge >= 0.3 is 0 Å². The van der Waals surface area contributed by atoms with E-state index < -0.39 is 9.84 Å². The molecule has 220 valence electrons. The minimum atomic E-state index is -3.76. The van der Waals surface area contributed by atoms with E-state index in [4.69, 9.17) is 4.98 Å². The van der Waals surface area contributed by atoms with E-state index in [0.29, 0.717) is 5.69 Å². The Morgan fingerprint density at radius 2 is 1.27 bits per heavy atom. The second-order valence-electron chi connectivity index (χ2n) is 12.1. The van der Waals surface area contributed by atoms with Gasteiger partial charge in [-0.05, 0) is 78.7 Å². The first kappa shape index (κ1) is 27.4. The number of rotatable bonds is 4. The van der Waals surface area contributed by atoms with Gasteiger partial charge in [-0.15, -0.1) is 0 Å². The van der Waals surface area contributed by atoms with Crippen molar-refractivity contribution in [3.63, 3.8) is 0 Å². The Morgan fingerprint density at radius 1 is 0.600 bits per heavy atom. The minimum Gasteiger partial charge on any atom is -0.309 e. The molecule has 6 heteroatoms. The largest absolute Gasteiger partial charge is 0.309 e. The quantitative estimate of drug-likeness (QED) is 0.201. The molecule has 7 aromatic rings. The minimum absolute atomic E-state index is 0.0421. The van der Waals surface area contributed by atoms with Crippen molar-refractivity contribution >= 4 is 48.7 Å². The summed E-state index contributed by atoms with van der Waals surface area (Å²) in [6, 6.07) is 44.2. The number of pyridine rings is 1. The van der Waals surface area contributed by atoms with Crippen LogP contribution in [0.3, 0.4) is 0 Å². The summed E-state index contributed by atoms with van der Waals surface area (Å²) in [5.41, 5.74) is 9.04. The van der Waals surface area contributed by atoms with Crippen molar-refractivity contribution in [2.75, 3.05) is 4.90 Å². The molecule has 45 heavy (non-hydrogen) atoms. The molecule has 0 spiro atoms. The predicted octanol–water partition coefficient (Wildman–Crippen LogP) is 9.43. The van der Waals surface area contributed by atoms with Gasteiger partial charge in [0.1, 0.15) is 0 Å². The van der Waals surface area contributed by atoms with Crippen LogP contribution in [-0.4, -0.2) is 18.0 Å². The highest BCUT2D eigenvalue weighted by atomic mass is 32.2. The summed E-state index contributed by atoms with van der Waals surface area (Å²) in [6.45, 7) is 6.45. The summed E-state index contributed by atoms with van der Waals surface area (Å²) in [7, 11) is -3.76. The molecule has 5 aromatic carbocycles. The fraction of sp³-hybridized carbons (Fsp3) is 0.103. The number of hydrogen-bond donors (Lipinski definition) is 0. The van der Waals surface area contributed by atoms with Gasteiger partial charge in [-0.1, -0.05) is 86.6 Å². The van der Waals surface area contributed by atoms with Crippen LogP contribution in [0.2, 0.25) is 0 Å². The SMILES string of the molecule is Cc1nc(S(=O)(=O)c2ccccc2)ccc1N1c2ccccc2C(C)(C)c2cc3c4ccccc4n(-c4ccccc4)c3cc21. The van der Waals surface area contributed by atoms with Gasteiger partial charge in [0.2, 0.25) is 9.84 Å². The zero-order valence-corrected chi connectivity index (χ0v) is 26.1. The van der Waals surface area contributed by atoms with E-state index in [1.165, 1.54) is 21.9 Å². The fourth-order valence-electron chi connectivity index (χ4n) is 6.91. The third kappa shape index (κ3) is 4.06. The van der Waals surface area contributed by atoms with Crippen LogP contribution >= 0.6 is 0 Å². The Kier molecular flexibility index (Phi) is 6.02. The second-order valence-corrected chi connectivity index (χ2v) is 14.0. The van der Waals surface area contributed by atoms with Gasteiger partial charge in [0, 0.05) is 21.9 Å². The molecule has 1 aliphatic rings. The Bertz CT molecular complexity index is 2380. The van der Waals surface area contributed by atoms with Crippen LogP contribution in [0.15, 0.2) is 143 Å². The fourth-order valence-corrected chi connectivity index (χ4v) is 8.17. The molecule has 8 rings (SSSR count). The van der Waals surface area contributed by atoms with E-state index in [1.807, 2.05) is 25.1 Å². The van der Waals surface area contributed by atoms with Crippen molar-refractivity contribution in [2.24, 2.45) is 0 Å². The molecule has 0 radical (unpaired) electrons. The highest BCUT2D eigenvalue weighted by Crippen LogP contribution is 2.54. The van der Waals surface area contributed by atoms with Crippen molar-refractivity contribution < 1.29 is 8.42 Å². The molecule has 2 aromatic heterocycles. The van der Waals surface area contributed by atoms with Crippen LogP contribution in [0.4, 0.5) is 17.1 Å². The number of para-hydroxylation sites is 3. The molecular formula is C39H31N3O2S. The van der Waals surface area contributed by atoms with Gasteiger partial charge in [-0.25, -0.2) is 13.4 Å². The van der Waals surface area contributed by atoms with Crippen LogP contribution in [0, 0.1) is 6.92 Å². The van der Waals surface area contributed by atoms with Crippen LogP contribution in [0.25, 0.3) is 27.5 Å². The van der Waals surface area contributed by atoms with Crippen molar-refractivity contribution in [3.8, 4) is 5.69 Å². The van der Waals surface area contributed by atoms with Crippen LogP contribution < -0.4 is 4.90 Å².